The Morgan fingerprint density at radius 2 is 1.81 bits per heavy atom. The molecule has 3 rings (SSSR count). The Balaban J connectivity index is 1.41. The van der Waals surface area contributed by atoms with Gasteiger partial charge in [-0.25, -0.2) is 4.98 Å². The number of benzene rings is 1. The summed E-state index contributed by atoms with van der Waals surface area (Å²) in [6.45, 7) is -0.410. The zero-order valence-electron chi connectivity index (χ0n) is 14.2. The molecule has 8 heteroatoms. The summed E-state index contributed by atoms with van der Waals surface area (Å²) in [6, 6.07) is 13.1. The maximum absolute atomic E-state index is 11.9. The number of aromatic nitrogens is 1. The lowest BCUT2D eigenvalue weighted by Crippen LogP contribution is -2.21. The first-order valence-corrected chi connectivity index (χ1v) is 9.91. The predicted octanol–water partition coefficient (Wildman–Crippen LogP) is 4.02. The van der Waals surface area contributed by atoms with Gasteiger partial charge in [0.15, 0.2) is 17.5 Å². The average molecular weight is 400 g/mol. The van der Waals surface area contributed by atoms with Gasteiger partial charge in [-0.05, 0) is 11.4 Å². The van der Waals surface area contributed by atoms with E-state index < -0.39 is 18.5 Å². The van der Waals surface area contributed by atoms with Crippen LogP contribution in [0.4, 0.5) is 5.13 Å². The number of anilines is 1. The van der Waals surface area contributed by atoms with Crippen LogP contribution in [-0.4, -0.2) is 29.3 Å². The van der Waals surface area contributed by atoms with Crippen LogP contribution >= 0.6 is 22.7 Å². The van der Waals surface area contributed by atoms with E-state index in [1.54, 1.807) is 17.5 Å². The van der Waals surface area contributed by atoms with Crippen molar-refractivity contribution in [2.24, 2.45) is 0 Å². The summed E-state index contributed by atoms with van der Waals surface area (Å²) >= 11 is 2.62. The molecule has 27 heavy (non-hydrogen) atoms. The standard InChI is InChI=1S/C19H16N2O4S2/c22-15(16-7-4-10-26-16)8-9-18(24)25-11-17(23)21-19-20-14(12-27-19)13-5-2-1-3-6-13/h1-7,10,12H,8-9,11H2,(H,20,21,23). The highest BCUT2D eigenvalue weighted by Crippen LogP contribution is 2.24. The summed E-state index contributed by atoms with van der Waals surface area (Å²) in [5.41, 5.74) is 1.72. The molecule has 0 fully saturated rings. The molecule has 0 saturated heterocycles. The summed E-state index contributed by atoms with van der Waals surface area (Å²) in [7, 11) is 0. The molecule has 138 valence electrons. The zero-order valence-corrected chi connectivity index (χ0v) is 15.8. The van der Waals surface area contributed by atoms with E-state index in [1.807, 2.05) is 35.7 Å². The molecule has 1 amide bonds. The van der Waals surface area contributed by atoms with Crippen molar-refractivity contribution in [3.05, 3.63) is 58.1 Å². The summed E-state index contributed by atoms with van der Waals surface area (Å²) < 4.78 is 4.91. The number of amides is 1. The van der Waals surface area contributed by atoms with Gasteiger partial charge in [0.1, 0.15) is 0 Å². The van der Waals surface area contributed by atoms with E-state index in [-0.39, 0.29) is 18.6 Å². The maximum Gasteiger partial charge on any atom is 0.306 e. The predicted molar refractivity (Wildman–Crippen MR) is 105 cm³/mol. The van der Waals surface area contributed by atoms with Crippen molar-refractivity contribution in [2.75, 3.05) is 11.9 Å². The van der Waals surface area contributed by atoms with Gasteiger partial charge in [-0.2, -0.15) is 0 Å². The number of carbonyl (C=O) groups is 3. The Hall–Kier alpha value is -2.84. The second kappa shape index (κ2) is 9.20. The Kier molecular flexibility index (Phi) is 6.45. The number of thiophene rings is 1. The van der Waals surface area contributed by atoms with Crippen molar-refractivity contribution in [1.29, 1.82) is 0 Å². The van der Waals surface area contributed by atoms with Gasteiger partial charge in [0.25, 0.3) is 5.91 Å². The van der Waals surface area contributed by atoms with Crippen LogP contribution in [-0.2, 0) is 14.3 Å². The van der Waals surface area contributed by atoms with Gasteiger partial charge in [0.05, 0.1) is 17.0 Å². The third-order valence-electron chi connectivity index (χ3n) is 3.54. The molecule has 0 unspecified atom stereocenters. The van der Waals surface area contributed by atoms with Crippen molar-refractivity contribution >= 4 is 45.5 Å². The Morgan fingerprint density at radius 3 is 2.56 bits per heavy atom. The fourth-order valence-electron chi connectivity index (χ4n) is 2.22. The largest absolute Gasteiger partial charge is 0.456 e. The molecule has 0 aliphatic carbocycles. The first-order valence-electron chi connectivity index (χ1n) is 8.15. The summed E-state index contributed by atoms with van der Waals surface area (Å²) in [4.78, 5) is 40.4. The number of rotatable bonds is 8. The van der Waals surface area contributed by atoms with E-state index in [0.29, 0.717) is 10.0 Å². The van der Waals surface area contributed by atoms with Gasteiger partial charge < -0.3 is 4.74 Å². The molecule has 1 aromatic carbocycles. The molecule has 0 aliphatic heterocycles. The highest BCUT2D eigenvalue weighted by molar-refractivity contribution is 7.14. The molecule has 0 radical (unpaired) electrons. The van der Waals surface area contributed by atoms with Gasteiger partial charge in [-0.1, -0.05) is 36.4 Å². The minimum absolute atomic E-state index is 0.0561. The van der Waals surface area contributed by atoms with Gasteiger partial charge in [0, 0.05) is 17.4 Å². The SMILES string of the molecule is O=C(COC(=O)CCC(=O)c1cccs1)Nc1nc(-c2ccccc2)cs1. The molecule has 2 heterocycles. The second-order valence-corrected chi connectivity index (χ2v) is 7.32. The molecular formula is C19H16N2O4S2. The quantitative estimate of drug-likeness (QED) is 0.456. The third-order valence-corrected chi connectivity index (χ3v) is 5.21. The Morgan fingerprint density at radius 1 is 1.00 bits per heavy atom. The first-order chi connectivity index (χ1) is 13.1. The van der Waals surface area contributed by atoms with Gasteiger partial charge in [-0.3, -0.25) is 19.7 Å². The second-order valence-electron chi connectivity index (χ2n) is 5.51. The lowest BCUT2D eigenvalue weighted by Gasteiger charge is -2.04. The molecule has 2 aromatic heterocycles. The molecule has 0 bridgehead atoms. The number of ether oxygens (including phenoxy) is 1. The molecule has 0 atom stereocenters. The van der Waals surface area contributed by atoms with Crippen LogP contribution in [0.1, 0.15) is 22.5 Å². The van der Waals surface area contributed by atoms with Crippen LogP contribution < -0.4 is 5.32 Å². The molecule has 6 nitrogen and oxygen atoms in total. The van der Waals surface area contributed by atoms with E-state index in [9.17, 15) is 14.4 Å². The van der Waals surface area contributed by atoms with Crippen molar-refractivity contribution < 1.29 is 19.1 Å². The zero-order chi connectivity index (χ0) is 19.1. The highest BCUT2D eigenvalue weighted by atomic mass is 32.1. The number of nitrogens with one attached hydrogen (secondary N) is 1. The van der Waals surface area contributed by atoms with Gasteiger partial charge in [-0.15, -0.1) is 22.7 Å². The Bertz CT molecular complexity index is 920. The highest BCUT2D eigenvalue weighted by Gasteiger charge is 2.13. The topological polar surface area (TPSA) is 85.4 Å². The number of nitrogens with zero attached hydrogens (tertiary/aromatic N) is 1. The molecule has 0 aliphatic rings. The fourth-order valence-corrected chi connectivity index (χ4v) is 3.65. The van der Waals surface area contributed by atoms with Crippen LogP contribution in [0, 0.1) is 0 Å². The van der Waals surface area contributed by atoms with Crippen LogP contribution in [0.3, 0.4) is 0 Å². The first kappa shape index (κ1) is 18.9. The van der Waals surface area contributed by atoms with E-state index in [1.165, 1.54) is 22.7 Å². The van der Waals surface area contributed by atoms with E-state index in [4.69, 9.17) is 4.74 Å². The number of ketones is 1. The number of esters is 1. The molecular weight excluding hydrogens is 384 g/mol. The number of Topliss-reactive ketones (excluding diaryl/α,β-unsaturated/α-hetero) is 1. The van der Waals surface area contributed by atoms with Gasteiger partial charge >= 0.3 is 5.97 Å². The number of carbonyl (C=O) groups excluding carboxylic acids is 3. The molecule has 0 saturated carbocycles. The van der Waals surface area contributed by atoms with Crippen molar-refractivity contribution in [1.82, 2.24) is 4.98 Å². The monoisotopic (exact) mass is 400 g/mol. The number of thiazole rings is 1. The van der Waals surface area contributed by atoms with E-state index in [0.717, 1.165) is 11.3 Å². The van der Waals surface area contributed by atoms with Crippen LogP contribution in [0.2, 0.25) is 0 Å². The van der Waals surface area contributed by atoms with E-state index in [2.05, 4.69) is 10.3 Å². The summed E-state index contributed by atoms with van der Waals surface area (Å²) in [5, 5.41) is 6.68. The lowest BCUT2D eigenvalue weighted by molar-refractivity contribution is -0.147. The lowest BCUT2D eigenvalue weighted by atomic mass is 10.2. The van der Waals surface area contributed by atoms with Gasteiger partial charge in [0.2, 0.25) is 0 Å². The van der Waals surface area contributed by atoms with Crippen molar-refractivity contribution in [2.45, 2.75) is 12.8 Å². The van der Waals surface area contributed by atoms with Crippen molar-refractivity contribution in [3.8, 4) is 11.3 Å². The van der Waals surface area contributed by atoms with E-state index >= 15 is 0 Å². The minimum Gasteiger partial charge on any atom is -0.456 e. The smallest absolute Gasteiger partial charge is 0.306 e. The van der Waals surface area contributed by atoms with Crippen LogP contribution in [0.25, 0.3) is 11.3 Å². The number of hydrogen-bond donors (Lipinski definition) is 1. The molecule has 0 spiro atoms. The van der Waals surface area contributed by atoms with Crippen LogP contribution in [0.15, 0.2) is 53.2 Å². The summed E-state index contributed by atoms with van der Waals surface area (Å²) in [6.07, 6.45) is 0.00724. The maximum atomic E-state index is 11.9. The third kappa shape index (κ3) is 5.57. The minimum atomic E-state index is -0.584. The Labute approximate surface area is 163 Å². The average Bonchev–Trinajstić information content (AvgIpc) is 3.37. The van der Waals surface area contributed by atoms with Crippen molar-refractivity contribution in [3.63, 3.8) is 0 Å². The number of hydrogen-bond acceptors (Lipinski definition) is 7. The summed E-state index contributed by atoms with van der Waals surface area (Å²) in [5.74, 6) is -1.16. The molecule has 3 aromatic rings. The molecule has 1 N–H and O–H groups in total. The fraction of sp³-hybridized carbons (Fsp3) is 0.158. The normalized spacial score (nSPS) is 10.4. The van der Waals surface area contributed by atoms with Crippen LogP contribution in [0.5, 0.6) is 0 Å².